The average Bonchev–Trinajstić information content (AvgIpc) is 3.38. The molecular weight excluding hydrogens is 422 g/mol. The zero-order valence-corrected chi connectivity index (χ0v) is 16.5. The minimum atomic E-state index is -3.86. The number of nitrogens with one attached hydrogen (secondary N) is 1. The number of aromatic nitrogens is 2. The van der Waals surface area contributed by atoms with Crippen LogP contribution < -0.4 is 9.46 Å². The molecule has 2 aromatic heterocycles. The van der Waals surface area contributed by atoms with Crippen molar-refractivity contribution in [2.45, 2.75) is 16.7 Å². The number of nitrogens with zero attached hydrogens (tertiary/aromatic N) is 2. The Kier molecular flexibility index (Phi) is 4.04. The Hall–Kier alpha value is -2.62. The number of benzene rings is 2. The topological polar surface area (TPSA) is 94.3 Å². The number of hydrogen-bond donors (Lipinski definition) is 1. The Labute approximate surface area is 169 Å². The maximum atomic E-state index is 12.7. The fraction of sp³-hybridized carbons (Fsp3) is 0.111. The van der Waals surface area contributed by atoms with Crippen LogP contribution in [0, 0.1) is 0 Å². The van der Waals surface area contributed by atoms with Gasteiger partial charge >= 0.3 is 6.01 Å². The van der Waals surface area contributed by atoms with Crippen molar-refractivity contribution in [2.75, 3.05) is 4.72 Å². The number of fused-ring (bicyclic) bond motifs is 2. The van der Waals surface area contributed by atoms with Crippen LogP contribution in [0.15, 0.2) is 57.2 Å². The first-order chi connectivity index (χ1) is 13.5. The molecule has 1 aliphatic rings. The molecule has 1 atom stereocenters. The minimum absolute atomic E-state index is 0.133. The van der Waals surface area contributed by atoms with Crippen molar-refractivity contribution in [3.63, 3.8) is 0 Å². The van der Waals surface area contributed by atoms with E-state index in [-0.39, 0.29) is 16.1 Å². The zero-order valence-electron chi connectivity index (χ0n) is 14.1. The van der Waals surface area contributed by atoms with E-state index in [1.807, 2.05) is 24.3 Å². The van der Waals surface area contributed by atoms with Crippen molar-refractivity contribution in [3.05, 3.63) is 65.0 Å². The van der Waals surface area contributed by atoms with Gasteiger partial charge in [0.05, 0.1) is 0 Å². The van der Waals surface area contributed by atoms with E-state index in [0.717, 1.165) is 32.7 Å². The van der Waals surface area contributed by atoms with Crippen LogP contribution in [0.3, 0.4) is 0 Å². The van der Waals surface area contributed by atoms with Crippen molar-refractivity contribution in [2.24, 2.45) is 0 Å². The van der Waals surface area contributed by atoms with E-state index in [4.69, 9.17) is 20.8 Å². The third-order valence-corrected chi connectivity index (χ3v) is 7.45. The summed E-state index contributed by atoms with van der Waals surface area (Å²) < 4.78 is 39.9. The van der Waals surface area contributed by atoms with Gasteiger partial charge in [0.15, 0.2) is 6.10 Å². The van der Waals surface area contributed by atoms with Gasteiger partial charge in [0.2, 0.25) is 0 Å². The molecule has 10 heteroatoms. The molecule has 0 saturated heterocycles. The highest BCUT2D eigenvalue weighted by atomic mass is 35.5. The highest BCUT2D eigenvalue weighted by Crippen LogP contribution is 2.36. The van der Waals surface area contributed by atoms with E-state index in [1.54, 1.807) is 24.3 Å². The van der Waals surface area contributed by atoms with E-state index in [1.165, 1.54) is 0 Å². The molecule has 0 spiro atoms. The van der Waals surface area contributed by atoms with Crippen molar-refractivity contribution >= 4 is 49.1 Å². The normalized spacial score (nSPS) is 16.1. The second-order valence-electron chi connectivity index (χ2n) is 6.22. The van der Waals surface area contributed by atoms with E-state index in [2.05, 4.69) is 14.9 Å². The fourth-order valence-electron chi connectivity index (χ4n) is 3.01. The summed E-state index contributed by atoms with van der Waals surface area (Å²) in [6.07, 6.45) is 0.149. The molecule has 0 saturated carbocycles. The van der Waals surface area contributed by atoms with Crippen molar-refractivity contribution in [1.82, 2.24) is 10.2 Å². The van der Waals surface area contributed by atoms with Crippen LogP contribution in [-0.2, 0) is 16.4 Å². The third-order valence-electron chi connectivity index (χ3n) is 4.31. The minimum Gasteiger partial charge on any atom is -0.480 e. The molecule has 142 valence electrons. The lowest BCUT2D eigenvalue weighted by Crippen LogP contribution is -2.11. The number of ether oxygens (including phenoxy) is 1. The molecular formula is C18H12ClN3O4S2. The monoisotopic (exact) mass is 433 g/mol. The summed E-state index contributed by atoms with van der Waals surface area (Å²) in [6, 6.07) is 14.2. The molecule has 7 nitrogen and oxygen atoms in total. The predicted octanol–water partition coefficient (Wildman–Crippen LogP) is 4.41. The van der Waals surface area contributed by atoms with Gasteiger partial charge in [-0.2, -0.15) is 0 Å². The summed E-state index contributed by atoms with van der Waals surface area (Å²) in [7, 11) is -3.86. The Morgan fingerprint density at radius 1 is 1.14 bits per heavy atom. The highest BCUT2D eigenvalue weighted by Gasteiger charge is 2.29. The third kappa shape index (κ3) is 3.11. The van der Waals surface area contributed by atoms with Crippen LogP contribution in [0.1, 0.15) is 17.6 Å². The fourth-order valence-corrected chi connectivity index (χ4v) is 5.50. The lowest BCUT2D eigenvalue weighted by atomic mass is 10.1. The zero-order chi connectivity index (χ0) is 19.3. The van der Waals surface area contributed by atoms with E-state index < -0.39 is 16.1 Å². The molecule has 0 amide bonds. The number of hydrogen-bond acceptors (Lipinski definition) is 7. The Morgan fingerprint density at radius 2 is 2.00 bits per heavy atom. The Balaban J connectivity index is 1.37. The molecule has 0 fully saturated rings. The summed E-state index contributed by atoms with van der Waals surface area (Å²) in [6.45, 7) is 0. The second-order valence-corrected chi connectivity index (χ2v) is 9.65. The SMILES string of the molecule is O=S(=O)(Nc1nnc(C2Cc3ccccc3O2)o1)c1cc2cc(Cl)ccc2s1. The van der Waals surface area contributed by atoms with E-state index in [0.29, 0.717) is 11.4 Å². The predicted molar refractivity (Wildman–Crippen MR) is 105 cm³/mol. The molecule has 4 aromatic rings. The number of rotatable bonds is 4. The summed E-state index contributed by atoms with van der Waals surface area (Å²) in [5, 5.41) is 9.02. The van der Waals surface area contributed by atoms with Gasteiger partial charge in [-0.1, -0.05) is 34.9 Å². The van der Waals surface area contributed by atoms with Crippen LogP contribution in [-0.4, -0.2) is 18.6 Å². The number of halogens is 1. The molecule has 3 heterocycles. The standard InChI is InChI=1S/C18H12ClN3O4S2/c19-12-5-6-15-11(7-12)9-16(27-15)28(23,24)22-18-21-20-17(26-18)14-8-10-3-1-2-4-13(10)25-14/h1-7,9,14H,8H2,(H,21,22). The molecule has 0 radical (unpaired) electrons. The van der Waals surface area contributed by atoms with E-state index >= 15 is 0 Å². The summed E-state index contributed by atoms with van der Waals surface area (Å²) in [4.78, 5) is 0. The Bertz CT molecular complexity index is 1270. The van der Waals surface area contributed by atoms with Gasteiger partial charge in [0.1, 0.15) is 9.96 Å². The van der Waals surface area contributed by atoms with Gasteiger partial charge in [-0.15, -0.1) is 16.4 Å². The van der Waals surface area contributed by atoms with Crippen LogP contribution in [0.25, 0.3) is 10.1 Å². The number of anilines is 1. The first-order valence-corrected chi connectivity index (χ1v) is 11.0. The summed E-state index contributed by atoms with van der Waals surface area (Å²) in [5.41, 5.74) is 1.04. The quantitative estimate of drug-likeness (QED) is 0.512. The first kappa shape index (κ1) is 17.5. The van der Waals surface area contributed by atoms with Crippen LogP contribution >= 0.6 is 22.9 Å². The van der Waals surface area contributed by atoms with Crippen LogP contribution in [0.2, 0.25) is 5.02 Å². The largest absolute Gasteiger partial charge is 0.480 e. The Morgan fingerprint density at radius 3 is 2.86 bits per heavy atom. The molecule has 1 unspecified atom stereocenters. The van der Waals surface area contributed by atoms with Gasteiger partial charge < -0.3 is 9.15 Å². The van der Waals surface area contributed by atoms with Crippen LogP contribution in [0.5, 0.6) is 5.75 Å². The average molecular weight is 434 g/mol. The smallest absolute Gasteiger partial charge is 0.329 e. The molecule has 5 rings (SSSR count). The van der Waals surface area contributed by atoms with Gasteiger partial charge in [0, 0.05) is 16.1 Å². The highest BCUT2D eigenvalue weighted by molar-refractivity contribution is 7.94. The van der Waals surface area contributed by atoms with E-state index in [9.17, 15) is 8.42 Å². The van der Waals surface area contributed by atoms with Gasteiger partial charge in [-0.25, -0.2) is 13.1 Å². The first-order valence-electron chi connectivity index (χ1n) is 8.28. The van der Waals surface area contributed by atoms with Crippen molar-refractivity contribution in [3.8, 4) is 5.75 Å². The maximum absolute atomic E-state index is 12.7. The number of para-hydroxylation sites is 1. The second kappa shape index (κ2) is 6.47. The summed E-state index contributed by atoms with van der Waals surface area (Å²) >= 11 is 7.10. The molecule has 1 N–H and O–H groups in total. The maximum Gasteiger partial charge on any atom is 0.329 e. The van der Waals surface area contributed by atoms with Crippen molar-refractivity contribution < 1.29 is 17.6 Å². The van der Waals surface area contributed by atoms with Crippen LogP contribution in [0.4, 0.5) is 6.01 Å². The molecule has 28 heavy (non-hydrogen) atoms. The molecule has 1 aliphatic heterocycles. The lowest BCUT2D eigenvalue weighted by Gasteiger charge is -2.04. The number of sulfonamides is 1. The molecule has 0 aliphatic carbocycles. The molecule has 0 bridgehead atoms. The lowest BCUT2D eigenvalue weighted by molar-refractivity contribution is 0.199. The summed E-state index contributed by atoms with van der Waals surface area (Å²) in [5.74, 6) is 0.980. The molecule has 2 aromatic carbocycles. The van der Waals surface area contributed by atoms with Gasteiger partial charge in [0.25, 0.3) is 15.9 Å². The van der Waals surface area contributed by atoms with Crippen molar-refractivity contribution in [1.29, 1.82) is 0 Å². The van der Waals surface area contributed by atoms with Gasteiger partial charge in [-0.05, 0) is 41.3 Å². The van der Waals surface area contributed by atoms with Gasteiger partial charge in [-0.3, -0.25) is 0 Å². The number of thiophene rings is 1.